The predicted molar refractivity (Wildman–Crippen MR) is 141 cm³/mol. The number of hydrogen-bond acceptors (Lipinski definition) is 6. The zero-order valence-corrected chi connectivity index (χ0v) is 22.0. The molecule has 0 N–H and O–H groups in total. The number of nitrogens with zero attached hydrogens (tertiary/aromatic N) is 3. The average molecular weight is 494 g/mol. The second-order valence-corrected chi connectivity index (χ2v) is 9.73. The van der Waals surface area contributed by atoms with Crippen molar-refractivity contribution in [2.45, 2.75) is 51.8 Å². The molecule has 7 heteroatoms. The summed E-state index contributed by atoms with van der Waals surface area (Å²) in [6, 6.07) is 14.4. The Bertz CT molecular complexity index is 1100. The molecule has 1 atom stereocenters. The maximum absolute atomic E-state index is 6.13. The van der Waals surface area contributed by atoms with E-state index in [0.29, 0.717) is 19.8 Å². The van der Waals surface area contributed by atoms with Crippen molar-refractivity contribution in [1.82, 2.24) is 14.7 Å². The highest BCUT2D eigenvalue weighted by Gasteiger charge is 2.33. The summed E-state index contributed by atoms with van der Waals surface area (Å²) in [5.74, 6) is 2.41. The number of ether oxygens (including phenoxy) is 4. The van der Waals surface area contributed by atoms with Gasteiger partial charge in [0.25, 0.3) is 0 Å². The largest absolute Gasteiger partial charge is 0.493 e. The molecule has 0 spiro atoms. The van der Waals surface area contributed by atoms with Crippen LogP contribution in [-0.2, 0) is 17.8 Å². The topological polar surface area (TPSA) is 58.0 Å². The third-order valence-corrected chi connectivity index (χ3v) is 6.92. The van der Waals surface area contributed by atoms with E-state index in [2.05, 4.69) is 41.2 Å². The first-order chi connectivity index (χ1) is 17.5. The third-order valence-electron chi connectivity index (χ3n) is 6.92. The summed E-state index contributed by atoms with van der Waals surface area (Å²) < 4.78 is 25.7. The summed E-state index contributed by atoms with van der Waals surface area (Å²) in [6.07, 6.45) is 6.85. The molecule has 3 aromatic rings. The van der Waals surface area contributed by atoms with Gasteiger partial charge in [-0.3, -0.25) is 9.58 Å². The first-order valence-electron chi connectivity index (χ1n) is 12.7. The minimum Gasteiger partial charge on any atom is -0.493 e. The van der Waals surface area contributed by atoms with Crippen LogP contribution < -0.4 is 14.2 Å². The number of rotatable bonds is 11. The maximum Gasteiger partial charge on any atom is 0.161 e. The minimum atomic E-state index is -0.262. The molecule has 0 saturated carbocycles. The highest BCUT2D eigenvalue weighted by molar-refractivity contribution is 5.43. The molecule has 1 aliphatic heterocycles. The van der Waals surface area contributed by atoms with Gasteiger partial charge in [-0.05, 0) is 75.0 Å². The molecule has 1 aliphatic rings. The van der Waals surface area contributed by atoms with Crippen LogP contribution in [0.5, 0.6) is 17.2 Å². The maximum atomic E-state index is 6.13. The molecule has 194 valence electrons. The van der Waals surface area contributed by atoms with Crippen LogP contribution in [0.25, 0.3) is 0 Å². The van der Waals surface area contributed by atoms with Crippen LogP contribution in [0.1, 0.15) is 36.0 Å². The van der Waals surface area contributed by atoms with E-state index in [9.17, 15) is 0 Å². The van der Waals surface area contributed by atoms with Crippen molar-refractivity contribution in [3.63, 3.8) is 0 Å². The third kappa shape index (κ3) is 7.02. The fourth-order valence-corrected chi connectivity index (χ4v) is 4.66. The number of likely N-dealkylation sites (tertiary alicyclic amines) is 1. The Morgan fingerprint density at radius 2 is 1.75 bits per heavy atom. The van der Waals surface area contributed by atoms with Crippen molar-refractivity contribution in [2.75, 3.05) is 40.5 Å². The summed E-state index contributed by atoms with van der Waals surface area (Å²) in [6.45, 7) is 8.76. The Kier molecular flexibility index (Phi) is 8.88. The summed E-state index contributed by atoms with van der Waals surface area (Å²) in [7, 11) is 3.50. The van der Waals surface area contributed by atoms with E-state index in [4.69, 9.17) is 18.9 Å². The Morgan fingerprint density at radius 1 is 0.917 bits per heavy atom. The molecule has 2 aromatic carbocycles. The van der Waals surface area contributed by atoms with Crippen LogP contribution in [0.4, 0.5) is 0 Å². The molecule has 2 heterocycles. The Morgan fingerprint density at radius 3 is 2.47 bits per heavy atom. The van der Waals surface area contributed by atoms with Gasteiger partial charge in [-0.25, -0.2) is 0 Å². The normalized spacial score (nSPS) is 18.6. The van der Waals surface area contributed by atoms with Gasteiger partial charge in [-0.2, -0.15) is 5.10 Å². The Labute approximate surface area is 214 Å². The van der Waals surface area contributed by atoms with Gasteiger partial charge in [0.05, 0.1) is 19.9 Å². The highest BCUT2D eigenvalue weighted by atomic mass is 16.5. The van der Waals surface area contributed by atoms with Crippen LogP contribution in [0.15, 0.2) is 54.9 Å². The smallest absolute Gasteiger partial charge is 0.161 e. The van der Waals surface area contributed by atoms with E-state index in [1.807, 2.05) is 49.3 Å². The zero-order chi connectivity index (χ0) is 25.4. The molecule has 1 fully saturated rings. The molecule has 7 nitrogen and oxygen atoms in total. The average Bonchev–Trinajstić information content (AvgIpc) is 3.20. The van der Waals surface area contributed by atoms with Crippen LogP contribution in [0, 0.1) is 13.8 Å². The van der Waals surface area contributed by atoms with Gasteiger partial charge in [0.1, 0.15) is 24.6 Å². The summed E-state index contributed by atoms with van der Waals surface area (Å²) >= 11 is 0. The number of methoxy groups -OCH3 is 2. The number of aryl methyl sites for hydroxylation is 2. The summed E-state index contributed by atoms with van der Waals surface area (Å²) in [4.78, 5) is 2.49. The lowest BCUT2D eigenvalue weighted by Gasteiger charge is -2.31. The van der Waals surface area contributed by atoms with Crippen molar-refractivity contribution >= 4 is 0 Å². The molecule has 0 amide bonds. The lowest BCUT2D eigenvalue weighted by atomic mass is 9.95. The molecule has 0 radical (unpaired) electrons. The van der Waals surface area contributed by atoms with E-state index < -0.39 is 0 Å². The second kappa shape index (κ2) is 12.3. The van der Waals surface area contributed by atoms with Crippen molar-refractivity contribution in [3.8, 4) is 17.2 Å². The fourth-order valence-electron chi connectivity index (χ4n) is 4.66. The van der Waals surface area contributed by atoms with E-state index in [1.54, 1.807) is 7.11 Å². The van der Waals surface area contributed by atoms with Crippen LogP contribution >= 0.6 is 0 Å². The van der Waals surface area contributed by atoms with Crippen LogP contribution in [0.2, 0.25) is 0 Å². The van der Waals surface area contributed by atoms with Gasteiger partial charge in [0, 0.05) is 26.4 Å². The van der Waals surface area contributed by atoms with Crippen molar-refractivity contribution in [1.29, 1.82) is 0 Å². The molecular formula is C29H39N3O4. The van der Waals surface area contributed by atoms with E-state index >= 15 is 0 Å². The standard InChI is InChI=1S/C29H39N3O4/c1-23-6-9-26(10-7-23)36-22-29(34-4)12-5-14-31(15-13-29)21-25-8-11-27(28(18-25)33-3)35-17-16-32-20-24(2)19-30-32/h6-11,18-20H,5,12-17,21-22H2,1-4H3/t29-/m0/s1. The predicted octanol–water partition coefficient (Wildman–Crippen LogP) is 5.04. The van der Waals surface area contributed by atoms with Gasteiger partial charge in [-0.15, -0.1) is 0 Å². The zero-order valence-electron chi connectivity index (χ0n) is 22.0. The second-order valence-electron chi connectivity index (χ2n) is 9.73. The minimum absolute atomic E-state index is 0.262. The molecule has 36 heavy (non-hydrogen) atoms. The number of hydrogen-bond donors (Lipinski definition) is 0. The monoisotopic (exact) mass is 493 g/mol. The van der Waals surface area contributed by atoms with Gasteiger partial charge in [0.2, 0.25) is 0 Å². The van der Waals surface area contributed by atoms with Gasteiger partial charge < -0.3 is 18.9 Å². The molecule has 0 aliphatic carbocycles. The molecule has 0 bridgehead atoms. The molecule has 1 aromatic heterocycles. The first kappa shape index (κ1) is 26.0. The highest BCUT2D eigenvalue weighted by Crippen LogP contribution is 2.31. The summed E-state index contributed by atoms with van der Waals surface area (Å²) in [5.41, 5.74) is 3.33. The number of benzene rings is 2. The Hall–Kier alpha value is -3.03. The Balaban J connectivity index is 1.30. The fraction of sp³-hybridized carbons (Fsp3) is 0.483. The SMILES string of the molecule is COc1cc(CN2CCC[C@](COc3ccc(C)cc3)(OC)CC2)ccc1OCCn1cc(C)cn1. The van der Waals surface area contributed by atoms with Crippen molar-refractivity contribution < 1.29 is 18.9 Å². The number of aromatic nitrogens is 2. The van der Waals surface area contributed by atoms with E-state index in [0.717, 1.165) is 61.7 Å². The molecule has 0 unspecified atom stereocenters. The van der Waals surface area contributed by atoms with Crippen molar-refractivity contribution in [2.24, 2.45) is 0 Å². The lowest BCUT2D eigenvalue weighted by Crippen LogP contribution is -2.39. The van der Waals surface area contributed by atoms with Crippen LogP contribution in [0.3, 0.4) is 0 Å². The summed E-state index contributed by atoms with van der Waals surface area (Å²) in [5, 5.41) is 4.31. The quantitative estimate of drug-likeness (QED) is 0.373. The first-order valence-corrected chi connectivity index (χ1v) is 12.7. The van der Waals surface area contributed by atoms with E-state index in [-0.39, 0.29) is 5.60 Å². The van der Waals surface area contributed by atoms with Gasteiger partial charge >= 0.3 is 0 Å². The lowest BCUT2D eigenvalue weighted by molar-refractivity contribution is -0.0541. The van der Waals surface area contributed by atoms with Crippen LogP contribution in [-0.4, -0.2) is 60.8 Å². The van der Waals surface area contributed by atoms with Gasteiger partial charge in [0.15, 0.2) is 11.5 Å². The molecule has 1 saturated heterocycles. The van der Waals surface area contributed by atoms with Gasteiger partial charge in [-0.1, -0.05) is 23.8 Å². The van der Waals surface area contributed by atoms with Crippen molar-refractivity contribution in [3.05, 3.63) is 71.5 Å². The molecule has 4 rings (SSSR count). The molecular weight excluding hydrogens is 454 g/mol. The van der Waals surface area contributed by atoms with E-state index in [1.165, 1.54) is 11.1 Å².